The van der Waals surface area contributed by atoms with Gasteiger partial charge in [0.25, 0.3) is 0 Å². The van der Waals surface area contributed by atoms with Gasteiger partial charge in [-0.15, -0.1) is 22.7 Å². The molecule has 38 heavy (non-hydrogen) atoms. The largest absolute Gasteiger partial charge is 0.248 e. The second-order valence-corrected chi connectivity index (χ2v) is 12.4. The fourth-order valence-electron chi connectivity index (χ4n) is 5.75. The molecule has 172 valence electrons. The molecule has 8 rings (SSSR count). The van der Waals surface area contributed by atoms with Crippen LogP contribution in [0.3, 0.4) is 0 Å². The van der Waals surface area contributed by atoms with Crippen molar-refractivity contribution in [1.82, 2.24) is 0 Å². The Hall–Kier alpha value is -4.54. The lowest BCUT2D eigenvalue weighted by Crippen LogP contribution is -1.84. The van der Waals surface area contributed by atoms with Gasteiger partial charge in [0, 0.05) is 32.3 Å². The highest BCUT2D eigenvalue weighted by Gasteiger charge is 2.21. The molecule has 8 aromatic rings. The van der Waals surface area contributed by atoms with E-state index in [9.17, 15) is 10.5 Å². The first-order chi connectivity index (χ1) is 18.7. The number of thiophene rings is 4. The fourth-order valence-corrected chi connectivity index (χ4v) is 9.19. The molecule has 0 amide bonds. The minimum Gasteiger partial charge on any atom is -0.226 e. The van der Waals surface area contributed by atoms with E-state index >= 15 is 0 Å². The second-order valence-electron chi connectivity index (χ2n) is 8.96. The lowest BCUT2D eigenvalue weighted by atomic mass is 9.92. The van der Waals surface area contributed by atoms with Crippen LogP contribution in [0.2, 0.25) is 0 Å². The van der Waals surface area contributed by atoms with Crippen molar-refractivity contribution in [2.75, 3.05) is 0 Å². The number of rotatable bonds is 0. The van der Waals surface area contributed by atoms with Crippen molar-refractivity contribution in [1.29, 1.82) is 10.5 Å². The molecule has 0 N–H and O–H groups in total. The van der Waals surface area contributed by atoms with Crippen LogP contribution in [-0.4, -0.2) is 0 Å². The molecule has 0 unspecified atom stereocenters. The Labute approximate surface area is 230 Å². The molecule has 0 aliphatic rings. The molecular weight excluding hydrogens is 545 g/mol. The van der Waals surface area contributed by atoms with E-state index in [0.717, 1.165) is 75.4 Å². The van der Waals surface area contributed by atoms with Crippen LogP contribution in [0.1, 0.15) is 9.75 Å². The van der Waals surface area contributed by atoms with Crippen LogP contribution in [0, 0.1) is 35.8 Å². The van der Waals surface area contributed by atoms with Gasteiger partial charge in [0.15, 0.2) is 0 Å². The van der Waals surface area contributed by atoms with Gasteiger partial charge in [-0.05, 0) is 88.9 Å². The lowest BCUT2D eigenvalue weighted by molar-refractivity contribution is 1.53. The maximum atomic E-state index is 9.82. The van der Waals surface area contributed by atoms with Crippen molar-refractivity contribution in [3.8, 4) is 12.1 Å². The zero-order valence-corrected chi connectivity index (χ0v) is 22.3. The van der Waals surface area contributed by atoms with E-state index in [1.54, 1.807) is 0 Å². The van der Waals surface area contributed by atoms with E-state index < -0.39 is 0 Å². The zero-order valence-electron chi connectivity index (χ0n) is 19.0. The molecule has 4 nitrogen and oxygen atoms in total. The number of nitrogens with zero attached hydrogens (tertiary/aromatic N) is 4. The van der Waals surface area contributed by atoms with Gasteiger partial charge in [-0.1, -0.05) is 0 Å². The molecular formula is C30H8N4S4. The maximum Gasteiger partial charge on any atom is 0.248 e. The van der Waals surface area contributed by atoms with Crippen LogP contribution in [-0.2, 0) is 0 Å². The molecule has 0 bridgehead atoms. The van der Waals surface area contributed by atoms with E-state index in [2.05, 4.69) is 46.1 Å². The minimum absolute atomic E-state index is 0.617. The molecule has 4 aromatic heterocycles. The molecule has 0 aliphatic heterocycles. The van der Waals surface area contributed by atoms with Crippen LogP contribution in [0.15, 0.2) is 45.8 Å². The molecule has 0 saturated carbocycles. The Kier molecular flexibility index (Phi) is 4.25. The van der Waals surface area contributed by atoms with Gasteiger partial charge < -0.3 is 0 Å². The number of hydrogen-bond acceptors (Lipinski definition) is 6. The van der Waals surface area contributed by atoms with Crippen molar-refractivity contribution in [3.63, 3.8) is 0 Å². The smallest absolute Gasteiger partial charge is 0.226 e. The lowest BCUT2D eigenvalue weighted by Gasteiger charge is -2.11. The van der Waals surface area contributed by atoms with Gasteiger partial charge >= 0.3 is 0 Å². The van der Waals surface area contributed by atoms with E-state index in [0.29, 0.717) is 19.8 Å². The quantitative estimate of drug-likeness (QED) is 0.139. The van der Waals surface area contributed by atoms with E-state index in [4.69, 9.17) is 13.1 Å². The summed E-state index contributed by atoms with van der Waals surface area (Å²) in [5.41, 5.74) is 0. The average molecular weight is 553 g/mol. The second kappa shape index (κ2) is 7.50. The maximum absolute atomic E-state index is 9.82. The van der Waals surface area contributed by atoms with Crippen molar-refractivity contribution in [2.24, 2.45) is 0 Å². The summed E-state index contributed by atoms with van der Waals surface area (Å²) in [4.78, 5) is 8.81. The van der Waals surface area contributed by atoms with E-state index in [1.165, 1.54) is 45.3 Å². The summed E-state index contributed by atoms with van der Waals surface area (Å²) < 4.78 is 0. The van der Waals surface area contributed by atoms with E-state index in [1.807, 2.05) is 21.5 Å². The number of fused-ring (bicyclic) bond motifs is 13. The number of nitriles is 2. The van der Waals surface area contributed by atoms with Crippen molar-refractivity contribution in [3.05, 3.63) is 78.4 Å². The van der Waals surface area contributed by atoms with Gasteiger partial charge in [0.2, 0.25) is 10.0 Å². The van der Waals surface area contributed by atoms with Crippen molar-refractivity contribution in [2.45, 2.75) is 0 Å². The monoisotopic (exact) mass is 552 g/mol. The summed E-state index contributed by atoms with van der Waals surface area (Å²) in [6, 6.07) is 13.4. The van der Waals surface area contributed by atoms with Crippen molar-refractivity contribution < 1.29 is 0 Å². The zero-order chi connectivity index (χ0) is 25.7. The SMILES string of the molecule is [C-]#[N+]c1scc2c3cc4cc5c(cc4cc3c3csc([N+]#[C-])c3c12)c1csc(C#N)c1c1c(C#N)scc51. The summed E-state index contributed by atoms with van der Waals surface area (Å²) in [5, 5.41) is 42.9. The highest BCUT2D eigenvalue weighted by Crippen LogP contribution is 2.50. The Balaban J connectivity index is 1.61. The molecule has 4 aromatic carbocycles. The molecule has 0 radical (unpaired) electrons. The molecule has 4 heterocycles. The van der Waals surface area contributed by atoms with Crippen LogP contribution in [0.5, 0.6) is 0 Å². The molecule has 0 atom stereocenters. The molecule has 8 heteroatoms. The summed E-state index contributed by atoms with van der Waals surface area (Å²) in [6.07, 6.45) is 0. The highest BCUT2D eigenvalue weighted by atomic mass is 32.1. The third-order valence-corrected chi connectivity index (χ3v) is 10.8. The predicted octanol–water partition coefficient (Wildman–Crippen LogP) is 10.8. The van der Waals surface area contributed by atoms with Gasteiger partial charge in [0.05, 0.1) is 13.1 Å². The number of benzene rings is 4. The summed E-state index contributed by atoms with van der Waals surface area (Å²) >= 11 is 5.70. The van der Waals surface area contributed by atoms with Crippen molar-refractivity contribution >= 4 is 131 Å². The summed E-state index contributed by atoms with van der Waals surface area (Å²) in [6.45, 7) is 15.4. The summed E-state index contributed by atoms with van der Waals surface area (Å²) in [7, 11) is 0. The Morgan fingerprint density at radius 3 is 1.18 bits per heavy atom. The topological polar surface area (TPSA) is 56.3 Å². The van der Waals surface area contributed by atoms with E-state index in [-0.39, 0.29) is 0 Å². The van der Waals surface area contributed by atoms with Crippen LogP contribution in [0.4, 0.5) is 10.0 Å². The number of hydrogen-bond donors (Lipinski definition) is 0. The van der Waals surface area contributed by atoms with Gasteiger partial charge in [0.1, 0.15) is 21.9 Å². The molecule has 0 spiro atoms. The molecule has 0 saturated heterocycles. The third kappa shape index (κ3) is 2.53. The molecule has 0 fully saturated rings. The first-order valence-electron chi connectivity index (χ1n) is 11.3. The first kappa shape index (κ1) is 21.5. The van der Waals surface area contributed by atoms with Gasteiger partial charge in [-0.2, -0.15) is 33.2 Å². The Morgan fingerprint density at radius 2 is 0.842 bits per heavy atom. The predicted molar refractivity (Wildman–Crippen MR) is 162 cm³/mol. The normalized spacial score (nSPS) is 11.6. The first-order valence-corrected chi connectivity index (χ1v) is 14.8. The highest BCUT2D eigenvalue weighted by molar-refractivity contribution is 7.18. The van der Waals surface area contributed by atoms with Gasteiger partial charge in [-0.3, -0.25) is 0 Å². The molecule has 0 aliphatic carbocycles. The Bertz CT molecular complexity index is 2210. The third-order valence-electron chi connectivity index (χ3n) is 7.31. The van der Waals surface area contributed by atoms with Crippen LogP contribution >= 0.6 is 45.3 Å². The van der Waals surface area contributed by atoms with Gasteiger partial charge in [-0.25, -0.2) is 9.69 Å². The average Bonchev–Trinajstić information content (AvgIpc) is 3.73. The van der Waals surface area contributed by atoms with Crippen LogP contribution in [0.25, 0.3) is 85.1 Å². The fraction of sp³-hybridized carbons (Fsp3) is 0. The van der Waals surface area contributed by atoms with Crippen LogP contribution < -0.4 is 0 Å². The minimum atomic E-state index is 0.617. The standard InChI is InChI=1S/C30H8N4S4/c1-33-29-27-21(11-37-29)17-5-13-3-15-16(4-14(13)6-18(17)22-12-38-30(34-2)28(22)27)20-10-36-24(8-32)26(20)25-19(15)9-35-23(25)7-31/h3-6,9-12H. The Morgan fingerprint density at radius 1 is 0.500 bits per heavy atom. The summed E-state index contributed by atoms with van der Waals surface area (Å²) in [5.74, 6) is 0.